The molecule has 4 aliphatic carbocycles. The molecule has 1 nitrogen and oxygen atoms in total. The maximum atomic E-state index is 11.3. The van der Waals surface area contributed by atoms with Crippen LogP contribution in [0.5, 0.6) is 0 Å². The van der Waals surface area contributed by atoms with Gasteiger partial charge >= 0.3 is 0 Å². The van der Waals surface area contributed by atoms with Gasteiger partial charge in [0.15, 0.2) is 0 Å². The molecular formula is C29H52O. The van der Waals surface area contributed by atoms with Gasteiger partial charge in [-0.2, -0.15) is 0 Å². The highest BCUT2D eigenvalue weighted by atomic mass is 16.3. The van der Waals surface area contributed by atoms with E-state index in [1.54, 1.807) is 0 Å². The van der Waals surface area contributed by atoms with Crippen LogP contribution >= 0.6 is 0 Å². The Morgan fingerprint density at radius 2 is 1.57 bits per heavy atom. The SMILES string of the molecule is CCC(C)CCC[C@@H](C)C1CCC2C3CC(O)[C@H]4C[C@@H](C)CC[C@]4(C)C3CC[C@@]21C. The van der Waals surface area contributed by atoms with Gasteiger partial charge in [-0.15, -0.1) is 0 Å². The van der Waals surface area contributed by atoms with E-state index in [9.17, 15) is 5.11 Å². The van der Waals surface area contributed by atoms with Crippen molar-refractivity contribution in [3.8, 4) is 0 Å². The highest BCUT2D eigenvalue weighted by Gasteiger charge is 2.62. The smallest absolute Gasteiger partial charge is 0.0576 e. The van der Waals surface area contributed by atoms with Crippen molar-refractivity contribution in [2.75, 3.05) is 0 Å². The largest absolute Gasteiger partial charge is 0.393 e. The maximum Gasteiger partial charge on any atom is 0.0576 e. The van der Waals surface area contributed by atoms with Crippen LogP contribution in [0.4, 0.5) is 0 Å². The van der Waals surface area contributed by atoms with E-state index >= 15 is 0 Å². The Balaban J connectivity index is 1.47. The predicted octanol–water partition coefficient (Wildman–Crippen LogP) is 8.10. The van der Waals surface area contributed by atoms with Gasteiger partial charge < -0.3 is 5.11 Å². The predicted molar refractivity (Wildman–Crippen MR) is 128 cm³/mol. The van der Waals surface area contributed by atoms with E-state index in [0.717, 1.165) is 47.8 Å². The highest BCUT2D eigenvalue weighted by Crippen LogP contribution is 2.68. The van der Waals surface area contributed by atoms with Crippen LogP contribution in [0.15, 0.2) is 0 Å². The van der Waals surface area contributed by atoms with Crippen LogP contribution in [-0.2, 0) is 0 Å². The fraction of sp³-hybridized carbons (Fsp3) is 1.00. The first kappa shape index (κ1) is 23.1. The van der Waals surface area contributed by atoms with Crippen LogP contribution in [0, 0.1) is 58.2 Å². The lowest BCUT2D eigenvalue weighted by Crippen LogP contribution is -2.57. The third-order valence-electron chi connectivity index (χ3n) is 11.8. The lowest BCUT2D eigenvalue weighted by molar-refractivity contribution is -0.164. The Kier molecular flexibility index (Phi) is 6.72. The summed E-state index contributed by atoms with van der Waals surface area (Å²) in [6, 6.07) is 0. The van der Waals surface area contributed by atoms with Crippen LogP contribution in [0.3, 0.4) is 0 Å². The molecular weight excluding hydrogens is 364 g/mol. The molecule has 0 aromatic rings. The Morgan fingerprint density at radius 1 is 0.867 bits per heavy atom. The molecule has 6 unspecified atom stereocenters. The minimum Gasteiger partial charge on any atom is -0.393 e. The van der Waals surface area contributed by atoms with Crippen molar-refractivity contribution in [1.82, 2.24) is 0 Å². The molecule has 4 rings (SSSR count). The molecule has 11 atom stereocenters. The molecule has 0 amide bonds. The Labute approximate surface area is 188 Å². The maximum absolute atomic E-state index is 11.3. The standard InChI is InChI=1S/C29H52O/c1-7-19(2)9-8-10-21(4)23-11-12-24-22-18-27(30)26-17-20(3)13-15-29(26,6)25(22)14-16-28(23,24)5/h19-27,30H,7-18H2,1-6H3/t19?,20-,21+,22?,23?,24?,25?,26+,27?,28+,29+/m0/s1. The van der Waals surface area contributed by atoms with Gasteiger partial charge in [-0.05, 0) is 103 Å². The zero-order valence-corrected chi connectivity index (χ0v) is 21.1. The van der Waals surface area contributed by atoms with Gasteiger partial charge in [0.1, 0.15) is 0 Å². The van der Waals surface area contributed by atoms with Crippen molar-refractivity contribution in [2.24, 2.45) is 58.2 Å². The summed E-state index contributed by atoms with van der Waals surface area (Å²) in [7, 11) is 0. The molecule has 0 saturated heterocycles. The topological polar surface area (TPSA) is 20.2 Å². The van der Waals surface area contributed by atoms with Crippen molar-refractivity contribution < 1.29 is 5.11 Å². The zero-order chi connectivity index (χ0) is 21.7. The van der Waals surface area contributed by atoms with Crippen LogP contribution in [0.1, 0.15) is 119 Å². The van der Waals surface area contributed by atoms with Gasteiger partial charge in [-0.3, -0.25) is 0 Å². The van der Waals surface area contributed by atoms with Gasteiger partial charge in [0.2, 0.25) is 0 Å². The summed E-state index contributed by atoms with van der Waals surface area (Å²) in [5.41, 5.74) is 0.956. The number of aliphatic hydroxyl groups excluding tert-OH is 1. The normalized spacial score (nSPS) is 50.3. The van der Waals surface area contributed by atoms with E-state index in [0.29, 0.717) is 16.7 Å². The minimum absolute atomic E-state index is 0.0339. The average molecular weight is 417 g/mol. The fourth-order valence-electron chi connectivity index (χ4n) is 9.67. The summed E-state index contributed by atoms with van der Waals surface area (Å²) >= 11 is 0. The minimum atomic E-state index is -0.0339. The van der Waals surface area contributed by atoms with E-state index < -0.39 is 0 Å². The lowest BCUT2D eigenvalue weighted by atomic mass is 9.43. The molecule has 1 heteroatoms. The average Bonchev–Trinajstić information content (AvgIpc) is 3.06. The summed E-state index contributed by atoms with van der Waals surface area (Å²) in [6.07, 6.45) is 16.6. The van der Waals surface area contributed by atoms with Crippen molar-refractivity contribution >= 4 is 0 Å². The molecule has 174 valence electrons. The Hall–Kier alpha value is -0.0400. The summed E-state index contributed by atoms with van der Waals surface area (Å²) in [5.74, 6) is 6.66. The van der Waals surface area contributed by atoms with Crippen LogP contribution in [0.25, 0.3) is 0 Å². The first-order valence-corrected chi connectivity index (χ1v) is 13.9. The first-order valence-electron chi connectivity index (χ1n) is 13.9. The lowest BCUT2D eigenvalue weighted by Gasteiger charge is -2.62. The second-order valence-corrected chi connectivity index (χ2v) is 13.3. The Morgan fingerprint density at radius 3 is 2.30 bits per heavy atom. The van der Waals surface area contributed by atoms with Gasteiger partial charge in [-0.1, -0.05) is 73.6 Å². The molecule has 0 spiro atoms. The highest BCUT2D eigenvalue weighted by molar-refractivity contribution is 5.11. The third kappa shape index (κ3) is 3.82. The molecule has 0 aromatic heterocycles. The number of hydrogen-bond donors (Lipinski definition) is 1. The van der Waals surface area contributed by atoms with Crippen LogP contribution in [0.2, 0.25) is 0 Å². The van der Waals surface area contributed by atoms with Crippen molar-refractivity contribution in [3.63, 3.8) is 0 Å². The summed E-state index contributed by atoms with van der Waals surface area (Å²) in [5, 5.41) is 11.3. The van der Waals surface area contributed by atoms with Crippen molar-refractivity contribution in [1.29, 1.82) is 0 Å². The van der Waals surface area contributed by atoms with E-state index in [1.807, 2.05) is 0 Å². The molecule has 0 bridgehead atoms. The second kappa shape index (κ2) is 8.72. The summed E-state index contributed by atoms with van der Waals surface area (Å²) in [6.45, 7) is 15.0. The fourth-order valence-corrected chi connectivity index (χ4v) is 9.67. The molecule has 4 saturated carbocycles. The Bertz CT molecular complexity index is 585. The molecule has 4 fully saturated rings. The summed E-state index contributed by atoms with van der Waals surface area (Å²) < 4.78 is 0. The second-order valence-electron chi connectivity index (χ2n) is 13.3. The number of hydrogen-bond acceptors (Lipinski definition) is 1. The number of aliphatic hydroxyl groups is 1. The van der Waals surface area contributed by atoms with Gasteiger partial charge in [-0.25, -0.2) is 0 Å². The molecule has 0 aromatic carbocycles. The van der Waals surface area contributed by atoms with Gasteiger partial charge in [0, 0.05) is 0 Å². The van der Waals surface area contributed by atoms with Crippen LogP contribution in [-0.4, -0.2) is 11.2 Å². The van der Waals surface area contributed by atoms with Gasteiger partial charge in [0.05, 0.1) is 6.10 Å². The summed E-state index contributed by atoms with van der Waals surface area (Å²) in [4.78, 5) is 0. The molecule has 4 aliphatic rings. The molecule has 0 aliphatic heterocycles. The zero-order valence-electron chi connectivity index (χ0n) is 21.1. The van der Waals surface area contributed by atoms with E-state index in [2.05, 4.69) is 41.5 Å². The number of rotatable bonds is 6. The van der Waals surface area contributed by atoms with Gasteiger partial charge in [0.25, 0.3) is 0 Å². The van der Waals surface area contributed by atoms with Crippen molar-refractivity contribution in [2.45, 2.75) is 125 Å². The van der Waals surface area contributed by atoms with E-state index in [-0.39, 0.29) is 6.10 Å². The van der Waals surface area contributed by atoms with Crippen molar-refractivity contribution in [3.05, 3.63) is 0 Å². The first-order chi connectivity index (χ1) is 14.2. The molecule has 0 heterocycles. The quantitative estimate of drug-likeness (QED) is 0.463. The van der Waals surface area contributed by atoms with Crippen LogP contribution < -0.4 is 0 Å². The molecule has 0 radical (unpaired) electrons. The van der Waals surface area contributed by atoms with E-state index in [4.69, 9.17) is 0 Å². The van der Waals surface area contributed by atoms with E-state index in [1.165, 1.54) is 70.6 Å². The third-order valence-corrected chi connectivity index (χ3v) is 11.8. The molecule has 1 N–H and O–H groups in total. The molecule has 30 heavy (non-hydrogen) atoms. The number of fused-ring (bicyclic) bond motifs is 5. The monoisotopic (exact) mass is 416 g/mol.